The molecule has 0 bridgehead atoms. The number of hydrogen-bond acceptors (Lipinski definition) is 4. The van der Waals surface area contributed by atoms with Crippen LogP contribution in [0.2, 0.25) is 0 Å². The van der Waals surface area contributed by atoms with Gasteiger partial charge in [-0.15, -0.1) is 0 Å². The van der Waals surface area contributed by atoms with Gasteiger partial charge in [0.1, 0.15) is 0 Å². The first-order valence-electron chi connectivity index (χ1n) is 3.56. The van der Waals surface area contributed by atoms with E-state index in [1.165, 1.54) is 0 Å². The molecule has 4 nitrogen and oxygen atoms in total. The maximum Gasteiger partial charge on any atom is 0.0788 e. The van der Waals surface area contributed by atoms with Gasteiger partial charge < -0.3 is 16.0 Å². The normalized spacial score (nSPS) is 16.6. The van der Waals surface area contributed by atoms with Gasteiger partial charge in [0, 0.05) is 6.42 Å². The van der Waals surface area contributed by atoms with Gasteiger partial charge in [0.25, 0.3) is 0 Å². The van der Waals surface area contributed by atoms with E-state index in [0.717, 1.165) is 0 Å². The summed E-state index contributed by atoms with van der Waals surface area (Å²) in [5, 5.41) is 20.5. The van der Waals surface area contributed by atoms with Crippen molar-refractivity contribution < 1.29 is 10.3 Å². The third kappa shape index (κ3) is 3.95. The van der Waals surface area contributed by atoms with Crippen LogP contribution in [0.1, 0.15) is 27.2 Å². The highest BCUT2D eigenvalue weighted by atomic mass is 16.4. The average molecular weight is 160 g/mol. The molecular formula is C7H16N2O2. The van der Waals surface area contributed by atoms with Gasteiger partial charge >= 0.3 is 0 Å². The van der Waals surface area contributed by atoms with Crippen molar-refractivity contribution in [3.63, 3.8) is 0 Å². The summed E-state index contributed by atoms with van der Waals surface area (Å²) in [6.07, 6.45) is -0.219. The first kappa shape index (κ1) is 10.4. The lowest BCUT2D eigenvalue weighted by Gasteiger charge is -2.20. The molecule has 0 aromatic rings. The Morgan fingerprint density at radius 2 is 2.09 bits per heavy atom. The Balaban J connectivity index is 4.21. The van der Waals surface area contributed by atoms with Crippen LogP contribution in [0, 0.1) is 0 Å². The first-order chi connectivity index (χ1) is 4.88. The highest BCUT2D eigenvalue weighted by molar-refractivity contribution is 5.92. The van der Waals surface area contributed by atoms with E-state index in [-0.39, 0.29) is 0 Å². The molecule has 0 aliphatic rings. The number of aliphatic hydroxyl groups excluding tert-OH is 1. The summed E-state index contributed by atoms with van der Waals surface area (Å²) in [6.45, 7) is 5.08. The molecular weight excluding hydrogens is 144 g/mol. The lowest BCUT2D eigenvalue weighted by Crippen LogP contribution is -2.42. The van der Waals surface area contributed by atoms with Crippen molar-refractivity contribution in [2.24, 2.45) is 10.9 Å². The smallest absolute Gasteiger partial charge is 0.0788 e. The maximum atomic E-state index is 8.97. The van der Waals surface area contributed by atoms with Gasteiger partial charge in [-0.2, -0.15) is 0 Å². The Labute approximate surface area is 66.7 Å². The second kappa shape index (κ2) is 3.69. The van der Waals surface area contributed by atoms with Gasteiger partial charge in [0.15, 0.2) is 0 Å². The lowest BCUT2D eigenvalue weighted by atomic mass is 9.95. The largest absolute Gasteiger partial charge is 0.411 e. The molecule has 1 unspecified atom stereocenters. The molecule has 4 N–H and O–H groups in total. The van der Waals surface area contributed by atoms with Crippen molar-refractivity contribution in [3.8, 4) is 0 Å². The van der Waals surface area contributed by atoms with Crippen LogP contribution in [0.4, 0.5) is 0 Å². The zero-order valence-corrected chi connectivity index (χ0v) is 7.20. The molecule has 0 aliphatic carbocycles. The summed E-state index contributed by atoms with van der Waals surface area (Å²) >= 11 is 0. The molecule has 0 heterocycles. The average Bonchev–Trinajstić information content (AvgIpc) is 1.79. The highest BCUT2D eigenvalue weighted by Crippen LogP contribution is 2.06. The predicted octanol–water partition coefficient (Wildman–Crippen LogP) is 0.325. The minimum absolute atomic E-state index is 0.306. The minimum Gasteiger partial charge on any atom is -0.411 e. The molecule has 0 saturated heterocycles. The van der Waals surface area contributed by atoms with E-state index >= 15 is 0 Å². The topological polar surface area (TPSA) is 78.8 Å². The molecule has 0 aromatic carbocycles. The minimum atomic E-state index is -0.661. The number of aliphatic hydroxyl groups is 1. The number of oxime groups is 1. The summed E-state index contributed by atoms with van der Waals surface area (Å²) in [4.78, 5) is 0. The molecule has 4 heteroatoms. The monoisotopic (exact) mass is 160 g/mol. The van der Waals surface area contributed by atoms with Crippen molar-refractivity contribution in [1.29, 1.82) is 0 Å². The van der Waals surface area contributed by atoms with E-state index in [0.29, 0.717) is 12.1 Å². The van der Waals surface area contributed by atoms with Gasteiger partial charge in [0.05, 0.1) is 17.4 Å². The van der Waals surface area contributed by atoms with E-state index < -0.39 is 11.6 Å². The highest BCUT2D eigenvalue weighted by Gasteiger charge is 2.21. The van der Waals surface area contributed by atoms with Crippen molar-refractivity contribution >= 4 is 5.71 Å². The Bertz CT molecular complexity index is 147. The molecule has 1 atom stereocenters. The Kier molecular flexibility index (Phi) is 3.48. The Hall–Kier alpha value is -0.610. The number of hydrogen-bond donors (Lipinski definition) is 3. The molecule has 0 fully saturated rings. The van der Waals surface area contributed by atoms with Gasteiger partial charge in [-0.25, -0.2) is 0 Å². The first-order valence-corrected chi connectivity index (χ1v) is 3.56. The van der Waals surface area contributed by atoms with Gasteiger partial charge in [-0.3, -0.25) is 0 Å². The van der Waals surface area contributed by atoms with Gasteiger partial charge in [-0.1, -0.05) is 5.16 Å². The fourth-order valence-corrected chi connectivity index (χ4v) is 0.713. The SMILES string of the molecule is CC(O)C/C(=N\O)C(C)(C)N. The summed E-state index contributed by atoms with van der Waals surface area (Å²) < 4.78 is 0. The van der Waals surface area contributed by atoms with E-state index in [1.807, 2.05) is 0 Å². The fraction of sp³-hybridized carbons (Fsp3) is 0.857. The molecule has 11 heavy (non-hydrogen) atoms. The third-order valence-electron chi connectivity index (χ3n) is 1.35. The predicted molar refractivity (Wildman–Crippen MR) is 43.8 cm³/mol. The van der Waals surface area contributed by atoms with E-state index in [9.17, 15) is 0 Å². The van der Waals surface area contributed by atoms with Crippen LogP contribution < -0.4 is 5.73 Å². The van der Waals surface area contributed by atoms with Crippen LogP contribution in [0.15, 0.2) is 5.16 Å². The van der Waals surface area contributed by atoms with Crippen molar-refractivity contribution in [2.45, 2.75) is 38.8 Å². The van der Waals surface area contributed by atoms with Crippen LogP contribution in [0.5, 0.6) is 0 Å². The van der Waals surface area contributed by atoms with Crippen LogP contribution in [-0.2, 0) is 0 Å². The van der Waals surface area contributed by atoms with E-state index in [1.54, 1.807) is 20.8 Å². The molecule has 0 radical (unpaired) electrons. The van der Waals surface area contributed by atoms with E-state index in [2.05, 4.69) is 5.16 Å². The summed E-state index contributed by atoms with van der Waals surface area (Å²) in [5.41, 5.74) is 5.39. The quantitative estimate of drug-likeness (QED) is 0.316. The summed E-state index contributed by atoms with van der Waals surface area (Å²) in [6, 6.07) is 0. The fourth-order valence-electron chi connectivity index (χ4n) is 0.713. The maximum absolute atomic E-state index is 8.97. The van der Waals surface area contributed by atoms with E-state index in [4.69, 9.17) is 16.0 Å². The zero-order chi connectivity index (χ0) is 9.07. The van der Waals surface area contributed by atoms with Crippen LogP contribution in [0.3, 0.4) is 0 Å². The van der Waals surface area contributed by atoms with Gasteiger partial charge in [0.2, 0.25) is 0 Å². The molecule has 0 aromatic heterocycles. The number of rotatable bonds is 3. The molecule has 0 saturated carbocycles. The number of nitrogens with two attached hydrogens (primary N) is 1. The molecule has 0 rings (SSSR count). The molecule has 66 valence electrons. The standard InChI is InChI=1S/C7H16N2O2/c1-5(10)4-6(9-11)7(2,3)8/h5,10-11H,4,8H2,1-3H3/b9-6+. The van der Waals surface area contributed by atoms with Crippen LogP contribution >= 0.6 is 0 Å². The van der Waals surface area contributed by atoms with Crippen LogP contribution in [0.25, 0.3) is 0 Å². The number of nitrogens with zero attached hydrogens (tertiary/aromatic N) is 1. The summed E-state index contributed by atoms with van der Waals surface area (Å²) in [7, 11) is 0. The van der Waals surface area contributed by atoms with Crippen LogP contribution in [-0.4, -0.2) is 27.7 Å². The Morgan fingerprint density at radius 1 is 1.64 bits per heavy atom. The van der Waals surface area contributed by atoms with Gasteiger partial charge in [-0.05, 0) is 20.8 Å². The molecule has 0 aliphatic heterocycles. The van der Waals surface area contributed by atoms with Crippen molar-refractivity contribution in [2.75, 3.05) is 0 Å². The molecule has 0 amide bonds. The second-order valence-corrected chi connectivity index (χ2v) is 3.32. The second-order valence-electron chi connectivity index (χ2n) is 3.32. The van der Waals surface area contributed by atoms with Crippen molar-refractivity contribution in [1.82, 2.24) is 0 Å². The Morgan fingerprint density at radius 3 is 2.18 bits per heavy atom. The van der Waals surface area contributed by atoms with Crippen molar-refractivity contribution in [3.05, 3.63) is 0 Å². The zero-order valence-electron chi connectivity index (χ0n) is 7.20. The lowest BCUT2D eigenvalue weighted by molar-refractivity contribution is 0.198. The summed E-state index contributed by atoms with van der Waals surface area (Å²) in [5.74, 6) is 0. The molecule has 0 spiro atoms. The third-order valence-corrected chi connectivity index (χ3v) is 1.35.